The summed E-state index contributed by atoms with van der Waals surface area (Å²) < 4.78 is 19.8. The first-order chi connectivity index (χ1) is 9.02. The van der Waals surface area contributed by atoms with E-state index in [0.717, 1.165) is 0 Å². The van der Waals surface area contributed by atoms with E-state index in [-0.39, 0.29) is 23.7 Å². The standard InChI is InChI=1S/C13H14BrClFNO2/c1-8-6-17(7-9(5-15)19-8)13(18)12-10(14)3-2-4-11(12)16/h2-4,8-9H,5-7H2,1H3. The average Bonchev–Trinajstić information content (AvgIpc) is 2.37. The van der Waals surface area contributed by atoms with Gasteiger partial charge in [-0.25, -0.2) is 4.39 Å². The van der Waals surface area contributed by atoms with Gasteiger partial charge in [0.25, 0.3) is 5.91 Å². The smallest absolute Gasteiger partial charge is 0.258 e. The maximum atomic E-state index is 13.8. The van der Waals surface area contributed by atoms with Crippen LogP contribution in [0.1, 0.15) is 17.3 Å². The first-order valence-electron chi connectivity index (χ1n) is 5.97. The van der Waals surface area contributed by atoms with E-state index in [9.17, 15) is 9.18 Å². The number of hydrogen-bond donors (Lipinski definition) is 0. The number of rotatable bonds is 2. The minimum atomic E-state index is -0.527. The Balaban J connectivity index is 2.24. The quantitative estimate of drug-likeness (QED) is 0.767. The second-order valence-corrected chi connectivity index (χ2v) is 5.69. The van der Waals surface area contributed by atoms with Crippen molar-refractivity contribution in [3.8, 4) is 0 Å². The number of amides is 1. The molecule has 0 spiro atoms. The van der Waals surface area contributed by atoms with Gasteiger partial charge in [-0.2, -0.15) is 0 Å². The van der Waals surface area contributed by atoms with Gasteiger partial charge in [0.05, 0.1) is 23.7 Å². The molecule has 1 aromatic rings. The van der Waals surface area contributed by atoms with E-state index >= 15 is 0 Å². The fraction of sp³-hybridized carbons (Fsp3) is 0.462. The topological polar surface area (TPSA) is 29.5 Å². The fourth-order valence-electron chi connectivity index (χ4n) is 2.16. The Hall–Kier alpha value is -0.650. The third-order valence-electron chi connectivity index (χ3n) is 2.96. The van der Waals surface area contributed by atoms with Gasteiger partial charge in [-0.15, -0.1) is 11.6 Å². The molecule has 0 N–H and O–H groups in total. The van der Waals surface area contributed by atoms with Crippen molar-refractivity contribution >= 4 is 33.4 Å². The lowest BCUT2D eigenvalue weighted by Crippen LogP contribution is -2.50. The molecule has 6 heteroatoms. The third-order valence-corrected chi connectivity index (χ3v) is 3.97. The predicted molar refractivity (Wildman–Crippen MR) is 75.1 cm³/mol. The van der Waals surface area contributed by atoms with E-state index in [1.807, 2.05) is 6.92 Å². The monoisotopic (exact) mass is 349 g/mol. The summed E-state index contributed by atoms with van der Waals surface area (Å²) in [6.07, 6.45) is -0.313. The molecular formula is C13H14BrClFNO2. The zero-order valence-corrected chi connectivity index (χ0v) is 12.7. The van der Waals surface area contributed by atoms with Gasteiger partial charge in [0, 0.05) is 17.6 Å². The molecule has 1 saturated heterocycles. The summed E-state index contributed by atoms with van der Waals surface area (Å²) >= 11 is 8.99. The fourth-order valence-corrected chi connectivity index (χ4v) is 2.84. The molecular weight excluding hydrogens is 337 g/mol. The van der Waals surface area contributed by atoms with Gasteiger partial charge < -0.3 is 9.64 Å². The molecule has 3 nitrogen and oxygen atoms in total. The highest BCUT2D eigenvalue weighted by Crippen LogP contribution is 2.23. The molecule has 1 aliphatic heterocycles. The SMILES string of the molecule is CC1CN(C(=O)c2c(F)cccc2Br)CC(CCl)O1. The van der Waals surface area contributed by atoms with Gasteiger partial charge in [-0.1, -0.05) is 6.07 Å². The van der Waals surface area contributed by atoms with Crippen LogP contribution in [0.5, 0.6) is 0 Å². The minimum absolute atomic E-state index is 0.0601. The second kappa shape index (κ2) is 6.20. The highest BCUT2D eigenvalue weighted by Gasteiger charge is 2.30. The van der Waals surface area contributed by atoms with Gasteiger partial charge in [0.1, 0.15) is 5.82 Å². The highest BCUT2D eigenvalue weighted by atomic mass is 79.9. The van der Waals surface area contributed by atoms with Crippen LogP contribution in [0.25, 0.3) is 0 Å². The third kappa shape index (κ3) is 3.27. The molecule has 2 rings (SSSR count). The van der Waals surface area contributed by atoms with E-state index in [4.69, 9.17) is 16.3 Å². The van der Waals surface area contributed by atoms with Gasteiger partial charge in [0.2, 0.25) is 0 Å². The van der Waals surface area contributed by atoms with Crippen LogP contribution in [0.4, 0.5) is 4.39 Å². The maximum Gasteiger partial charge on any atom is 0.258 e. The van der Waals surface area contributed by atoms with Crippen molar-refractivity contribution in [1.82, 2.24) is 4.90 Å². The van der Waals surface area contributed by atoms with Crippen LogP contribution < -0.4 is 0 Å². The number of benzene rings is 1. The van der Waals surface area contributed by atoms with Gasteiger partial charge in [-0.3, -0.25) is 4.79 Å². The maximum absolute atomic E-state index is 13.8. The molecule has 0 radical (unpaired) electrons. The number of nitrogens with zero attached hydrogens (tertiary/aromatic N) is 1. The first-order valence-corrected chi connectivity index (χ1v) is 7.30. The van der Waals surface area contributed by atoms with Crippen molar-refractivity contribution in [2.45, 2.75) is 19.1 Å². The molecule has 19 heavy (non-hydrogen) atoms. The van der Waals surface area contributed by atoms with Crippen LogP contribution in [-0.2, 0) is 4.74 Å². The van der Waals surface area contributed by atoms with Crippen LogP contribution in [0.2, 0.25) is 0 Å². The van der Waals surface area contributed by atoms with Crippen molar-refractivity contribution in [2.24, 2.45) is 0 Å². The number of halogens is 3. The minimum Gasteiger partial charge on any atom is -0.370 e. The number of hydrogen-bond acceptors (Lipinski definition) is 2. The molecule has 1 fully saturated rings. The van der Waals surface area contributed by atoms with Crippen molar-refractivity contribution in [2.75, 3.05) is 19.0 Å². The molecule has 0 aromatic heterocycles. The number of ether oxygens (including phenoxy) is 1. The number of alkyl halides is 1. The number of carbonyl (C=O) groups is 1. The highest BCUT2D eigenvalue weighted by molar-refractivity contribution is 9.10. The van der Waals surface area contributed by atoms with E-state index in [0.29, 0.717) is 23.4 Å². The summed E-state index contributed by atoms with van der Waals surface area (Å²) in [7, 11) is 0. The summed E-state index contributed by atoms with van der Waals surface area (Å²) in [6.45, 7) is 2.69. The van der Waals surface area contributed by atoms with Crippen molar-refractivity contribution in [1.29, 1.82) is 0 Å². The van der Waals surface area contributed by atoms with Gasteiger partial charge in [-0.05, 0) is 35.0 Å². The Bertz CT molecular complexity index is 465. The molecule has 0 saturated carbocycles. The number of carbonyl (C=O) groups excluding carboxylic acids is 1. The van der Waals surface area contributed by atoms with Crippen LogP contribution in [0.3, 0.4) is 0 Å². The van der Waals surface area contributed by atoms with Crippen molar-refractivity contribution in [3.05, 3.63) is 34.1 Å². The molecule has 0 aliphatic carbocycles. The Morgan fingerprint density at radius 2 is 2.32 bits per heavy atom. The summed E-state index contributed by atoms with van der Waals surface area (Å²) in [5.41, 5.74) is 0.0601. The van der Waals surface area contributed by atoms with Crippen LogP contribution in [-0.4, -0.2) is 42.0 Å². The normalized spacial score (nSPS) is 23.5. The zero-order chi connectivity index (χ0) is 14.0. The lowest BCUT2D eigenvalue weighted by molar-refractivity contribution is -0.0571. The summed E-state index contributed by atoms with van der Waals surface area (Å²) in [6, 6.07) is 4.49. The van der Waals surface area contributed by atoms with E-state index in [2.05, 4.69) is 15.9 Å². The molecule has 1 heterocycles. The second-order valence-electron chi connectivity index (χ2n) is 4.53. The summed E-state index contributed by atoms with van der Waals surface area (Å²) in [5, 5.41) is 0. The Labute approximate surface area is 124 Å². The van der Waals surface area contributed by atoms with Crippen LogP contribution >= 0.6 is 27.5 Å². The molecule has 1 aliphatic rings. The van der Waals surface area contributed by atoms with E-state index in [1.54, 1.807) is 17.0 Å². The Morgan fingerprint density at radius 1 is 1.58 bits per heavy atom. The summed E-state index contributed by atoms with van der Waals surface area (Å²) in [5.74, 6) is -0.553. The van der Waals surface area contributed by atoms with Gasteiger partial charge in [0.15, 0.2) is 0 Å². The zero-order valence-electron chi connectivity index (χ0n) is 10.4. The molecule has 1 aromatic carbocycles. The van der Waals surface area contributed by atoms with Crippen LogP contribution in [0.15, 0.2) is 22.7 Å². The lowest BCUT2D eigenvalue weighted by atomic mass is 10.1. The molecule has 104 valence electrons. The van der Waals surface area contributed by atoms with E-state index in [1.165, 1.54) is 6.07 Å². The molecule has 1 amide bonds. The molecule has 2 atom stereocenters. The molecule has 2 unspecified atom stereocenters. The van der Waals surface area contributed by atoms with Gasteiger partial charge >= 0.3 is 0 Å². The van der Waals surface area contributed by atoms with Crippen molar-refractivity contribution in [3.63, 3.8) is 0 Å². The van der Waals surface area contributed by atoms with E-state index < -0.39 is 5.82 Å². The molecule has 0 bridgehead atoms. The average molecular weight is 351 g/mol. The largest absolute Gasteiger partial charge is 0.370 e. The first kappa shape index (κ1) is 14.8. The van der Waals surface area contributed by atoms with Crippen LogP contribution in [0, 0.1) is 5.82 Å². The lowest BCUT2D eigenvalue weighted by Gasteiger charge is -2.36. The summed E-state index contributed by atoms with van der Waals surface area (Å²) in [4.78, 5) is 14.0. The predicted octanol–water partition coefficient (Wildman–Crippen LogP) is 3.06. The Morgan fingerprint density at radius 3 is 2.95 bits per heavy atom. The van der Waals surface area contributed by atoms with Crippen molar-refractivity contribution < 1.29 is 13.9 Å². The Kier molecular flexibility index (Phi) is 4.81. The number of morpholine rings is 1.